The van der Waals surface area contributed by atoms with Gasteiger partial charge in [0.15, 0.2) is 0 Å². The van der Waals surface area contributed by atoms with Crippen LogP contribution in [0.25, 0.3) is 11.1 Å². The fourth-order valence-electron chi connectivity index (χ4n) is 1.83. The number of rotatable bonds is 1. The average Bonchev–Trinajstić information content (AvgIpc) is 2.56. The van der Waals surface area contributed by atoms with Crippen LogP contribution in [0.4, 0.5) is 0 Å². The zero-order chi connectivity index (χ0) is 13.6. The molecule has 96 valence electrons. The first-order chi connectivity index (χ1) is 8.34. The van der Waals surface area contributed by atoms with Crippen molar-refractivity contribution in [2.75, 3.05) is 0 Å². The van der Waals surface area contributed by atoms with Crippen LogP contribution >= 0.6 is 34.8 Å². The molecule has 0 saturated carbocycles. The Bertz CT molecular complexity index is 635. The van der Waals surface area contributed by atoms with Gasteiger partial charge in [-0.05, 0) is 25.5 Å². The number of aromatic nitrogens is 2. The Morgan fingerprint density at radius 2 is 1.78 bits per heavy atom. The number of nitrogens with zero attached hydrogens (tertiary/aromatic N) is 2. The lowest BCUT2D eigenvalue weighted by molar-refractivity contribution is 0.420. The topological polar surface area (TPSA) is 38.0 Å². The van der Waals surface area contributed by atoms with Gasteiger partial charge in [-0.3, -0.25) is 0 Å². The van der Waals surface area contributed by atoms with Crippen LogP contribution in [-0.2, 0) is 7.05 Å². The molecule has 0 amide bonds. The third-order valence-electron chi connectivity index (χ3n) is 2.85. The summed E-state index contributed by atoms with van der Waals surface area (Å²) in [5, 5.41) is 15.4. The molecule has 2 aromatic rings. The molecular formula is C12H11Cl3N2O. The molecule has 0 bridgehead atoms. The van der Waals surface area contributed by atoms with Crippen molar-refractivity contribution < 1.29 is 5.11 Å². The van der Waals surface area contributed by atoms with Gasteiger partial charge in [0, 0.05) is 17.6 Å². The first-order valence-electron chi connectivity index (χ1n) is 5.21. The summed E-state index contributed by atoms with van der Waals surface area (Å²) in [5.74, 6) is 0.0328. The standard InChI is InChI=1S/C12H11Cl3N2O/c1-5-8(13)4-7(11(15)10(5)14)9-6(2)16-17(3)12(9)18/h4,18H,1-3H3. The monoisotopic (exact) mass is 304 g/mol. The lowest BCUT2D eigenvalue weighted by atomic mass is 10.0. The van der Waals surface area contributed by atoms with Crippen molar-refractivity contribution >= 4 is 34.8 Å². The average molecular weight is 306 g/mol. The van der Waals surface area contributed by atoms with E-state index in [1.807, 2.05) is 0 Å². The Balaban J connectivity index is 2.80. The van der Waals surface area contributed by atoms with Gasteiger partial charge in [0.2, 0.25) is 5.88 Å². The Kier molecular flexibility index (Phi) is 3.49. The van der Waals surface area contributed by atoms with Crippen molar-refractivity contribution in [1.29, 1.82) is 0 Å². The van der Waals surface area contributed by atoms with Crippen LogP contribution in [0.15, 0.2) is 6.07 Å². The molecule has 0 unspecified atom stereocenters. The second-order valence-corrected chi connectivity index (χ2v) is 5.23. The van der Waals surface area contributed by atoms with Crippen molar-refractivity contribution in [2.45, 2.75) is 13.8 Å². The molecule has 1 aromatic carbocycles. The normalized spacial score (nSPS) is 11.0. The van der Waals surface area contributed by atoms with Crippen molar-refractivity contribution in [2.24, 2.45) is 7.05 Å². The molecule has 0 aliphatic rings. The Morgan fingerprint density at radius 3 is 2.28 bits per heavy atom. The molecule has 0 atom stereocenters. The Labute approximate surface area is 120 Å². The van der Waals surface area contributed by atoms with E-state index < -0.39 is 0 Å². The largest absolute Gasteiger partial charge is 0.493 e. The first kappa shape index (κ1) is 13.5. The summed E-state index contributed by atoms with van der Waals surface area (Å²) in [7, 11) is 1.65. The Hall–Kier alpha value is -0.900. The fraction of sp³-hybridized carbons (Fsp3) is 0.250. The molecule has 0 spiro atoms. The molecule has 0 radical (unpaired) electrons. The summed E-state index contributed by atoms with van der Waals surface area (Å²) in [6.45, 7) is 3.57. The quantitative estimate of drug-likeness (QED) is 0.794. The fourth-order valence-corrected chi connectivity index (χ4v) is 2.58. The van der Waals surface area contributed by atoms with Crippen molar-refractivity contribution in [3.63, 3.8) is 0 Å². The number of hydrogen-bond donors (Lipinski definition) is 1. The van der Waals surface area contributed by atoms with Gasteiger partial charge in [-0.2, -0.15) is 5.10 Å². The van der Waals surface area contributed by atoms with Gasteiger partial charge in [-0.15, -0.1) is 0 Å². The molecule has 0 fully saturated rings. The van der Waals surface area contributed by atoms with Crippen molar-refractivity contribution in [3.05, 3.63) is 32.4 Å². The highest BCUT2D eigenvalue weighted by molar-refractivity contribution is 6.45. The number of aromatic hydroxyl groups is 1. The third-order valence-corrected chi connectivity index (χ3v) is 4.20. The maximum atomic E-state index is 10.0. The first-order valence-corrected chi connectivity index (χ1v) is 6.35. The second-order valence-electron chi connectivity index (χ2n) is 4.07. The van der Waals surface area contributed by atoms with Crippen molar-refractivity contribution in [1.82, 2.24) is 9.78 Å². The van der Waals surface area contributed by atoms with Gasteiger partial charge in [0.25, 0.3) is 0 Å². The summed E-state index contributed by atoms with van der Waals surface area (Å²) in [5.41, 5.74) is 2.51. The Morgan fingerprint density at radius 1 is 1.17 bits per heavy atom. The van der Waals surface area contributed by atoms with Gasteiger partial charge < -0.3 is 5.11 Å². The predicted octanol–water partition coefficient (Wildman–Crippen LogP) is 4.37. The zero-order valence-corrected chi connectivity index (χ0v) is 12.3. The lowest BCUT2D eigenvalue weighted by Gasteiger charge is -2.10. The smallest absolute Gasteiger partial charge is 0.217 e. The van der Waals surface area contributed by atoms with E-state index in [4.69, 9.17) is 34.8 Å². The highest BCUT2D eigenvalue weighted by atomic mass is 35.5. The van der Waals surface area contributed by atoms with E-state index in [-0.39, 0.29) is 5.88 Å². The number of benzene rings is 1. The predicted molar refractivity (Wildman–Crippen MR) is 74.8 cm³/mol. The minimum atomic E-state index is 0.0328. The minimum Gasteiger partial charge on any atom is -0.493 e. The number of hydrogen-bond acceptors (Lipinski definition) is 2. The lowest BCUT2D eigenvalue weighted by Crippen LogP contribution is -1.88. The van der Waals surface area contributed by atoms with Crippen LogP contribution in [0.1, 0.15) is 11.3 Å². The van der Waals surface area contributed by atoms with Crippen LogP contribution < -0.4 is 0 Å². The molecule has 1 aromatic heterocycles. The molecule has 0 saturated heterocycles. The molecule has 1 N–H and O–H groups in total. The molecule has 6 heteroatoms. The number of halogens is 3. The highest BCUT2D eigenvalue weighted by Gasteiger charge is 2.20. The van der Waals surface area contributed by atoms with Crippen LogP contribution in [0.2, 0.25) is 15.1 Å². The summed E-state index contributed by atoms with van der Waals surface area (Å²) in [6.07, 6.45) is 0. The van der Waals surface area contributed by atoms with E-state index >= 15 is 0 Å². The maximum Gasteiger partial charge on any atom is 0.217 e. The van der Waals surface area contributed by atoms with E-state index in [1.54, 1.807) is 27.0 Å². The van der Waals surface area contributed by atoms with E-state index in [0.717, 1.165) is 0 Å². The molecule has 2 rings (SSSR count). The molecule has 1 heterocycles. The SMILES string of the molecule is Cc1nn(C)c(O)c1-c1cc(Cl)c(C)c(Cl)c1Cl. The summed E-state index contributed by atoms with van der Waals surface area (Å²) in [6, 6.07) is 1.69. The van der Waals surface area contributed by atoms with Gasteiger partial charge in [-0.25, -0.2) is 4.68 Å². The highest BCUT2D eigenvalue weighted by Crippen LogP contribution is 2.43. The second kappa shape index (κ2) is 4.65. The molecule has 0 aliphatic heterocycles. The van der Waals surface area contributed by atoms with E-state index in [1.165, 1.54) is 4.68 Å². The molecule has 3 nitrogen and oxygen atoms in total. The molecular weight excluding hydrogens is 295 g/mol. The van der Waals surface area contributed by atoms with E-state index in [9.17, 15) is 5.11 Å². The third kappa shape index (κ3) is 1.96. The zero-order valence-electron chi connectivity index (χ0n) is 10.1. The van der Waals surface area contributed by atoms with Crippen LogP contribution in [0.5, 0.6) is 5.88 Å². The van der Waals surface area contributed by atoms with Crippen LogP contribution in [0.3, 0.4) is 0 Å². The molecule has 0 aliphatic carbocycles. The number of aryl methyl sites for hydroxylation is 2. The minimum absolute atomic E-state index is 0.0328. The summed E-state index contributed by atoms with van der Waals surface area (Å²) >= 11 is 18.4. The van der Waals surface area contributed by atoms with E-state index in [0.29, 0.717) is 37.5 Å². The van der Waals surface area contributed by atoms with Gasteiger partial charge in [0.1, 0.15) is 0 Å². The summed E-state index contributed by atoms with van der Waals surface area (Å²) in [4.78, 5) is 0. The van der Waals surface area contributed by atoms with E-state index in [2.05, 4.69) is 5.10 Å². The van der Waals surface area contributed by atoms with Crippen LogP contribution in [-0.4, -0.2) is 14.9 Å². The van der Waals surface area contributed by atoms with Gasteiger partial charge in [-0.1, -0.05) is 34.8 Å². The van der Waals surface area contributed by atoms with Crippen molar-refractivity contribution in [3.8, 4) is 17.0 Å². The van der Waals surface area contributed by atoms with Gasteiger partial charge in [0.05, 0.1) is 21.3 Å². The maximum absolute atomic E-state index is 10.0. The van der Waals surface area contributed by atoms with Crippen LogP contribution in [0, 0.1) is 13.8 Å². The van der Waals surface area contributed by atoms with Gasteiger partial charge >= 0.3 is 0 Å². The summed E-state index contributed by atoms with van der Waals surface area (Å²) < 4.78 is 1.38. The molecule has 18 heavy (non-hydrogen) atoms.